The predicted molar refractivity (Wildman–Crippen MR) is 194 cm³/mol. The van der Waals surface area contributed by atoms with Gasteiger partial charge in [0.25, 0.3) is 0 Å². The summed E-state index contributed by atoms with van der Waals surface area (Å²) < 4.78 is 0. The number of hydrogen-bond acceptors (Lipinski definition) is 7. The molecule has 0 aliphatic carbocycles. The summed E-state index contributed by atoms with van der Waals surface area (Å²) in [4.78, 5) is 29.8. The van der Waals surface area contributed by atoms with Gasteiger partial charge < -0.3 is 36.1 Å². The van der Waals surface area contributed by atoms with Gasteiger partial charge in [-0.3, -0.25) is 9.59 Å². The molecule has 0 bridgehead atoms. The molecule has 0 radical (unpaired) electrons. The molecule has 0 aromatic carbocycles. The Kier molecular flexibility index (Phi) is 56.3. The van der Waals surface area contributed by atoms with Crippen molar-refractivity contribution in [3.8, 4) is 0 Å². The molecule has 0 heterocycles. The molecule has 11 heteroatoms. The van der Waals surface area contributed by atoms with Crippen LogP contribution in [0.4, 0.5) is 0 Å². The van der Waals surface area contributed by atoms with E-state index in [0.717, 1.165) is 103 Å². The third-order valence-electron chi connectivity index (χ3n) is 7.59. The summed E-state index contributed by atoms with van der Waals surface area (Å²) in [5, 5.41) is 51.6. The van der Waals surface area contributed by atoms with Crippen molar-refractivity contribution in [3.05, 3.63) is 24.3 Å². The first-order valence-electron chi connectivity index (χ1n) is 18.5. The zero-order valence-corrected chi connectivity index (χ0v) is 32.5. The van der Waals surface area contributed by atoms with Crippen molar-refractivity contribution >= 4 is 17.9 Å². The van der Waals surface area contributed by atoms with Crippen LogP contribution in [0.5, 0.6) is 0 Å². The van der Waals surface area contributed by atoms with E-state index in [9.17, 15) is 19.8 Å². The summed E-state index contributed by atoms with van der Waals surface area (Å²) in [6, 6.07) is 0. The number of aliphatic carboxylic acids is 3. The van der Waals surface area contributed by atoms with E-state index in [1.807, 2.05) is 0 Å². The van der Waals surface area contributed by atoms with E-state index < -0.39 is 24.5 Å². The van der Waals surface area contributed by atoms with Crippen LogP contribution < -0.4 is 0 Å². The van der Waals surface area contributed by atoms with Crippen molar-refractivity contribution in [2.45, 2.75) is 193 Å². The molecule has 0 spiro atoms. The van der Waals surface area contributed by atoms with Gasteiger partial charge in [0.1, 0.15) is 6.61 Å². The van der Waals surface area contributed by atoms with Crippen LogP contribution in [0.3, 0.4) is 0 Å². The van der Waals surface area contributed by atoms with Gasteiger partial charge in [-0.25, -0.2) is 4.79 Å². The second kappa shape index (κ2) is 48.6. The Morgan fingerprint density at radius 3 is 1.10 bits per heavy atom. The fourth-order valence-electron chi connectivity index (χ4n) is 4.73. The van der Waals surface area contributed by atoms with Crippen molar-refractivity contribution in [1.82, 2.24) is 0 Å². The molecule has 290 valence electrons. The van der Waals surface area contributed by atoms with Crippen LogP contribution >= 0.6 is 0 Å². The third-order valence-corrected chi connectivity index (χ3v) is 7.59. The Morgan fingerprint density at radius 1 is 0.490 bits per heavy atom. The van der Waals surface area contributed by atoms with Crippen LogP contribution in [-0.2, 0) is 36.1 Å². The van der Waals surface area contributed by atoms with Gasteiger partial charge in [0.2, 0.25) is 0 Å². The maximum Gasteiger partial charge on any atom is 0.329 e. The van der Waals surface area contributed by atoms with E-state index in [2.05, 4.69) is 38.2 Å². The van der Waals surface area contributed by atoms with E-state index in [0.29, 0.717) is 12.8 Å². The van der Waals surface area contributed by atoms with Gasteiger partial charge >= 0.3 is 17.9 Å². The molecule has 0 fully saturated rings. The number of aliphatic hydroxyl groups excluding tert-OH is 3. The summed E-state index contributed by atoms with van der Waals surface area (Å²) in [6.07, 6.45) is 34.7. The van der Waals surface area contributed by atoms with Gasteiger partial charge in [-0.05, 0) is 64.2 Å². The van der Waals surface area contributed by atoms with Crippen molar-refractivity contribution in [2.75, 3.05) is 6.61 Å². The molecular weight excluding hydrogens is 664 g/mol. The molecule has 2 atom stereocenters. The maximum atomic E-state index is 10.3. The van der Waals surface area contributed by atoms with Crippen LogP contribution in [0.1, 0.15) is 181 Å². The predicted octanol–water partition coefficient (Wildman–Crippen LogP) is 9.04. The Balaban J connectivity index is -0.000000223. The molecule has 0 aromatic heterocycles. The minimum atomic E-state index is -1.19. The summed E-state index contributed by atoms with van der Waals surface area (Å²) in [5.74, 6) is -2.57. The SMILES string of the molecule is CCCCCCC(O)C/C=C\CCCCCCCC(=O)O.CCCCCCC(O)C/C=C\CCCCCCCC(=O)O.O=C(O)CO.[OH-].[Ti]. The molecule has 10 nitrogen and oxygen atoms in total. The van der Waals surface area contributed by atoms with E-state index in [-0.39, 0.29) is 39.4 Å². The number of aliphatic hydroxyl groups is 3. The van der Waals surface area contributed by atoms with Gasteiger partial charge in [-0.1, -0.05) is 128 Å². The second-order valence-corrected chi connectivity index (χ2v) is 12.4. The molecule has 0 aromatic rings. The maximum absolute atomic E-state index is 10.3. The average Bonchev–Trinajstić information content (AvgIpc) is 3.03. The molecule has 0 rings (SSSR count). The fourth-order valence-corrected chi connectivity index (χ4v) is 4.73. The summed E-state index contributed by atoms with van der Waals surface area (Å²) in [5.41, 5.74) is 0. The van der Waals surface area contributed by atoms with Crippen molar-refractivity contribution in [1.29, 1.82) is 0 Å². The first-order valence-corrected chi connectivity index (χ1v) is 18.5. The fraction of sp³-hybridized carbons (Fsp3) is 0.816. The van der Waals surface area contributed by atoms with Gasteiger partial charge in [0.15, 0.2) is 0 Å². The normalized spacial score (nSPS) is 11.8. The number of carboxylic acid groups (broad SMARTS) is 3. The molecule has 49 heavy (non-hydrogen) atoms. The quantitative estimate of drug-likeness (QED) is 0.0226. The van der Waals surface area contributed by atoms with Crippen LogP contribution in [-0.4, -0.2) is 72.8 Å². The van der Waals surface area contributed by atoms with Crippen LogP contribution in [0.25, 0.3) is 0 Å². The third kappa shape index (κ3) is 62.1. The van der Waals surface area contributed by atoms with Gasteiger partial charge in [-0.2, -0.15) is 0 Å². The molecule has 0 saturated carbocycles. The monoisotopic (exact) mass is 737 g/mol. The van der Waals surface area contributed by atoms with E-state index >= 15 is 0 Å². The Hall–Kier alpha value is -1.56. The van der Waals surface area contributed by atoms with Crippen LogP contribution in [0.2, 0.25) is 0 Å². The molecular formula is C38H73O10Ti-. The second-order valence-electron chi connectivity index (χ2n) is 12.4. The number of allylic oxidation sites excluding steroid dienone is 2. The molecule has 0 aliphatic heterocycles. The van der Waals surface area contributed by atoms with Gasteiger partial charge in [0, 0.05) is 34.6 Å². The van der Waals surface area contributed by atoms with E-state index in [1.165, 1.54) is 51.4 Å². The largest absolute Gasteiger partial charge is 0.870 e. The summed E-state index contributed by atoms with van der Waals surface area (Å²) in [7, 11) is 0. The zero-order chi connectivity index (χ0) is 35.8. The van der Waals surface area contributed by atoms with E-state index in [1.54, 1.807) is 0 Å². The van der Waals surface area contributed by atoms with E-state index in [4.69, 9.17) is 25.2 Å². The molecule has 0 saturated heterocycles. The van der Waals surface area contributed by atoms with Gasteiger partial charge in [-0.15, -0.1) is 0 Å². The Morgan fingerprint density at radius 2 is 0.796 bits per heavy atom. The topological polar surface area (TPSA) is 203 Å². The summed E-state index contributed by atoms with van der Waals surface area (Å²) >= 11 is 0. The molecule has 0 amide bonds. The van der Waals surface area contributed by atoms with Crippen LogP contribution in [0, 0.1) is 0 Å². The number of hydrogen-bond donors (Lipinski definition) is 6. The smallest absolute Gasteiger partial charge is 0.329 e. The first-order chi connectivity index (χ1) is 22.6. The molecule has 2 unspecified atom stereocenters. The van der Waals surface area contributed by atoms with Crippen molar-refractivity contribution < 1.29 is 72.2 Å². The number of carbonyl (C=O) groups is 3. The van der Waals surface area contributed by atoms with Crippen LogP contribution in [0.15, 0.2) is 24.3 Å². The minimum Gasteiger partial charge on any atom is -0.870 e. The number of carboxylic acids is 3. The van der Waals surface area contributed by atoms with Crippen molar-refractivity contribution in [3.63, 3.8) is 0 Å². The zero-order valence-electron chi connectivity index (χ0n) is 30.9. The number of unbranched alkanes of at least 4 members (excludes halogenated alkanes) is 16. The Labute approximate surface area is 313 Å². The van der Waals surface area contributed by atoms with Gasteiger partial charge in [0.05, 0.1) is 12.2 Å². The minimum absolute atomic E-state index is 0. The standard InChI is InChI=1S/2C18H34O3.C2H4O3.H2O.Ti/c2*1-2-3-4-11-14-17(19)15-12-9-7-5-6-8-10-13-16-18(20)21;3-1-2(4)5;;/h2*9,12,17,19H,2-8,10-11,13-16H2,1H3,(H,20,21);3H,1H2,(H,4,5);1H2;/p-1/b2*12-9-;;;. The summed E-state index contributed by atoms with van der Waals surface area (Å²) in [6.45, 7) is 3.62. The average molecular weight is 738 g/mol. The van der Waals surface area contributed by atoms with Crippen molar-refractivity contribution in [2.24, 2.45) is 0 Å². The molecule has 7 N–H and O–H groups in total. The first kappa shape index (κ1) is 56.8. The number of rotatable bonds is 31. The molecule has 0 aliphatic rings. The Bertz CT molecular complexity index is 692.